The monoisotopic (exact) mass is 410 g/mol. The van der Waals surface area contributed by atoms with Crippen LogP contribution in [0.4, 0.5) is 0 Å². The molecule has 0 heterocycles. The van der Waals surface area contributed by atoms with Gasteiger partial charge in [0.15, 0.2) is 0 Å². The van der Waals surface area contributed by atoms with Crippen molar-refractivity contribution in [1.29, 1.82) is 0 Å². The fourth-order valence-electron chi connectivity index (χ4n) is 6.39. The maximum atomic E-state index is 2.55. The van der Waals surface area contributed by atoms with Crippen LogP contribution in [-0.4, -0.2) is 8.07 Å². The zero-order valence-electron chi connectivity index (χ0n) is 19.3. The number of benzene rings is 3. The van der Waals surface area contributed by atoms with E-state index in [1.54, 1.807) is 16.7 Å². The van der Waals surface area contributed by atoms with Crippen molar-refractivity contribution in [2.24, 2.45) is 0 Å². The van der Waals surface area contributed by atoms with Gasteiger partial charge in [-0.3, -0.25) is 0 Å². The van der Waals surface area contributed by atoms with Crippen molar-refractivity contribution in [3.8, 4) is 0 Å². The Balaban J connectivity index is 0.00000122. The van der Waals surface area contributed by atoms with E-state index in [-0.39, 0.29) is 20.3 Å². The molecule has 0 aliphatic heterocycles. The first-order valence-corrected chi connectivity index (χ1v) is 13.6. The Labute approximate surface area is 200 Å². The largest absolute Gasteiger partial charge is 1.00 e. The zero-order chi connectivity index (χ0) is 20.1. The van der Waals surface area contributed by atoms with Crippen LogP contribution < -0.4 is 18.9 Å². The molecular formula is C29H27LiSi. The van der Waals surface area contributed by atoms with Crippen molar-refractivity contribution in [2.45, 2.75) is 29.6 Å². The summed E-state index contributed by atoms with van der Waals surface area (Å²) in [5.74, 6) is 0. The van der Waals surface area contributed by atoms with E-state index in [9.17, 15) is 0 Å². The topological polar surface area (TPSA) is 0 Å². The van der Waals surface area contributed by atoms with Gasteiger partial charge < -0.3 is 1.43 Å². The van der Waals surface area contributed by atoms with Crippen molar-refractivity contribution in [3.05, 3.63) is 124 Å². The molecule has 3 unspecified atom stereocenters. The molecular weight excluding hydrogens is 383 g/mol. The van der Waals surface area contributed by atoms with Crippen molar-refractivity contribution >= 4 is 26.3 Å². The van der Waals surface area contributed by atoms with E-state index in [0.717, 1.165) is 0 Å². The average molecular weight is 411 g/mol. The first-order valence-electron chi connectivity index (χ1n) is 11.1. The van der Waals surface area contributed by atoms with Gasteiger partial charge in [-0.2, -0.15) is 0 Å². The van der Waals surface area contributed by atoms with Crippen molar-refractivity contribution in [2.75, 3.05) is 0 Å². The summed E-state index contributed by atoms with van der Waals surface area (Å²) in [6.45, 7) is 2.46. The van der Waals surface area contributed by atoms with Crippen LogP contribution in [-0.2, 0) is 0 Å². The summed E-state index contributed by atoms with van der Waals surface area (Å²) in [5.41, 5.74) is 10.5. The van der Waals surface area contributed by atoms with Crippen LogP contribution in [0.3, 0.4) is 0 Å². The second kappa shape index (κ2) is 7.99. The van der Waals surface area contributed by atoms with Gasteiger partial charge in [0.2, 0.25) is 0 Å². The Morgan fingerprint density at radius 1 is 0.581 bits per heavy atom. The molecule has 0 bridgehead atoms. The number of hydrogen-bond donors (Lipinski definition) is 0. The third kappa shape index (κ3) is 2.95. The molecule has 0 saturated carbocycles. The van der Waals surface area contributed by atoms with E-state index in [2.05, 4.69) is 116 Å². The molecule has 0 aromatic heterocycles. The summed E-state index contributed by atoms with van der Waals surface area (Å²) in [5, 5.41) is 0. The van der Waals surface area contributed by atoms with E-state index in [1.807, 2.05) is 0 Å². The number of hydrogen-bond acceptors (Lipinski definition) is 0. The van der Waals surface area contributed by atoms with Gasteiger partial charge in [0.05, 0.1) is 8.07 Å². The number of fused-ring (bicyclic) bond motifs is 3. The van der Waals surface area contributed by atoms with Gasteiger partial charge in [0.1, 0.15) is 0 Å². The minimum Gasteiger partial charge on any atom is -1.00 e. The zero-order valence-corrected chi connectivity index (χ0v) is 19.3. The fourth-order valence-corrected chi connectivity index (χ4v) is 12.8. The molecule has 148 valence electrons. The molecule has 3 aromatic carbocycles. The summed E-state index contributed by atoms with van der Waals surface area (Å²) in [4.78, 5) is 0. The van der Waals surface area contributed by atoms with E-state index < -0.39 is 8.07 Å². The molecule has 6 rings (SSSR count). The van der Waals surface area contributed by atoms with Gasteiger partial charge in [0, 0.05) is 0 Å². The summed E-state index contributed by atoms with van der Waals surface area (Å²) in [6, 6.07) is 28.5. The summed E-state index contributed by atoms with van der Waals surface area (Å²) >= 11 is 0. The predicted molar refractivity (Wildman–Crippen MR) is 132 cm³/mol. The van der Waals surface area contributed by atoms with E-state index in [0.29, 0.717) is 16.6 Å². The molecule has 31 heavy (non-hydrogen) atoms. The molecule has 0 fully saturated rings. The Bertz CT molecular complexity index is 1080. The van der Waals surface area contributed by atoms with Gasteiger partial charge in [-0.15, -0.1) is 0 Å². The van der Waals surface area contributed by atoms with Gasteiger partial charge in [-0.25, -0.2) is 0 Å². The molecule has 0 radical (unpaired) electrons. The molecule has 3 aromatic rings. The first-order chi connectivity index (χ1) is 14.8. The molecule has 0 amide bonds. The smallest absolute Gasteiger partial charge is 1.00 e. The second-order valence-corrected chi connectivity index (χ2v) is 13.7. The average Bonchev–Trinajstić information content (AvgIpc) is 3.53. The van der Waals surface area contributed by atoms with Gasteiger partial charge in [-0.1, -0.05) is 122 Å². The minimum atomic E-state index is -1.98. The van der Waals surface area contributed by atoms with Gasteiger partial charge >= 0.3 is 18.9 Å². The first kappa shape index (κ1) is 20.6. The van der Waals surface area contributed by atoms with E-state index in [4.69, 9.17) is 0 Å². The van der Waals surface area contributed by atoms with Gasteiger partial charge in [-0.05, 0) is 50.0 Å². The Hall–Kier alpha value is -2.31. The van der Waals surface area contributed by atoms with Crippen LogP contribution >= 0.6 is 0 Å². The molecule has 0 spiro atoms. The molecule has 3 aliphatic rings. The third-order valence-electron chi connectivity index (χ3n) is 7.75. The second-order valence-electron chi connectivity index (χ2n) is 8.86. The Morgan fingerprint density at radius 3 is 1.23 bits per heavy atom. The van der Waals surface area contributed by atoms with Gasteiger partial charge in [0.25, 0.3) is 0 Å². The number of rotatable bonds is 4. The van der Waals surface area contributed by atoms with Crippen LogP contribution in [0, 0.1) is 0 Å². The van der Waals surface area contributed by atoms with Crippen LogP contribution in [0.2, 0.25) is 6.04 Å². The van der Waals surface area contributed by atoms with Crippen LogP contribution in [0.1, 0.15) is 58.4 Å². The normalized spacial score (nSPS) is 23.7. The summed E-state index contributed by atoms with van der Waals surface area (Å²) in [6.07, 6.45) is 14.8. The summed E-state index contributed by atoms with van der Waals surface area (Å²) in [7, 11) is -1.98. The fraction of sp³-hybridized carbons (Fsp3) is 0.172. The van der Waals surface area contributed by atoms with Crippen molar-refractivity contribution in [1.82, 2.24) is 0 Å². The molecule has 0 nitrogen and oxygen atoms in total. The molecule has 3 atom stereocenters. The Kier molecular flexibility index (Phi) is 5.31. The van der Waals surface area contributed by atoms with Crippen LogP contribution in [0.5, 0.6) is 0 Å². The Morgan fingerprint density at radius 2 is 0.903 bits per heavy atom. The number of allylic oxidation sites excluding steroid dienone is 3. The van der Waals surface area contributed by atoms with Crippen LogP contribution in [0.15, 0.2) is 91.0 Å². The SMILES string of the molecule is CC[Si](C1C=Cc2ccccc21)(C1C=Cc2ccccc21)C1C=Cc2ccccc21.[H-].[Li+]. The molecule has 2 heteroatoms. The van der Waals surface area contributed by atoms with Crippen molar-refractivity contribution < 1.29 is 20.3 Å². The molecule has 3 aliphatic carbocycles. The maximum absolute atomic E-state index is 2.55. The molecule has 0 saturated heterocycles. The summed E-state index contributed by atoms with van der Waals surface area (Å²) < 4.78 is 0. The molecule has 0 N–H and O–H groups in total. The van der Waals surface area contributed by atoms with E-state index in [1.165, 1.54) is 22.7 Å². The van der Waals surface area contributed by atoms with Crippen LogP contribution in [0.25, 0.3) is 18.2 Å². The third-order valence-corrected chi connectivity index (χ3v) is 14.0. The standard InChI is InChI=1S/C29H26Si.Li.H/c1-2-30(27-18-15-21-9-3-6-12-24(21)27,28-19-16-22-10-4-7-13-25(22)28)29-20-17-23-11-5-8-14-26(23)29;;/h3-20,27-29H,2H2,1H3;;/q;+1;-1. The minimum absolute atomic E-state index is 0. The van der Waals surface area contributed by atoms with E-state index >= 15 is 0 Å². The predicted octanol–water partition coefficient (Wildman–Crippen LogP) is 4.62. The van der Waals surface area contributed by atoms with Crippen molar-refractivity contribution in [3.63, 3.8) is 0 Å². The quantitative estimate of drug-likeness (QED) is 0.551. The maximum Gasteiger partial charge on any atom is 1.00 e.